The van der Waals surface area contributed by atoms with Gasteiger partial charge in [0.15, 0.2) is 0 Å². The molecule has 0 radical (unpaired) electrons. The Labute approximate surface area is 111 Å². The lowest BCUT2D eigenvalue weighted by Crippen LogP contribution is -2.55. The van der Waals surface area contributed by atoms with Crippen molar-refractivity contribution in [3.8, 4) is 0 Å². The third-order valence-corrected chi connectivity index (χ3v) is 5.16. The van der Waals surface area contributed by atoms with E-state index < -0.39 is 5.97 Å². The summed E-state index contributed by atoms with van der Waals surface area (Å²) in [6, 6.07) is -0.0506. The summed E-state index contributed by atoms with van der Waals surface area (Å²) in [7, 11) is 0. The molecule has 18 heavy (non-hydrogen) atoms. The largest absolute Gasteiger partial charge is 0.481 e. The van der Waals surface area contributed by atoms with Gasteiger partial charge in [-0.05, 0) is 25.5 Å². The zero-order valence-electron chi connectivity index (χ0n) is 10.6. The highest BCUT2D eigenvalue weighted by Crippen LogP contribution is 2.37. The molecular formula is C12H20N2O3S. The smallest absolute Gasteiger partial charge is 0.317 e. The molecule has 5 nitrogen and oxygen atoms in total. The fraction of sp³-hybridized carbons (Fsp3) is 0.833. The molecule has 2 aliphatic heterocycles. The van der Waals surface area contributed by atoms with E-state index >= 15 is 0 Å². The molecule has 2 amide bonds. The van der Waals surface area contributed by atoms with Gasteiger partial charge in [-0.2, -0.15) is 11.8 Å². The summed E-state index contributed by atoms with van der Waals surface area (Å²) in [5, 5.41) is 11.6. The van der Waals surface area contributed by atoms with Crippen molar-refractivity contribution in [1.82, 2.24) is 10.2 Å². The van der Waals surface area contributed by atoms with Crippen molar-refractivity contribution in [3.05, 3.63) is 0 Å². The normalized spacial score (nSPS) is 27.9. The third kappa shape index (κ3) is 3.31. The molecule has 2 N–H and O–H groups in total. The van der Waals surface area contributed by atoms with Crippen molar-refractivity contribution < 1.29 is 14.7 Å². The molecule has 0 spiro atoms. The third-order valence-electron chi connectivity index (χ3n) is 3.62. The Balaban J connectivity index is 1.66. The lowest BCUT2D eigenvalue weighted by atomic mass is 9.97. The predicted octanol–water partition coefficient (Wildman–Crippen LogP) is 1.39. The van der Waals surface area contributed by atoms with Gasteiger partial charge in [-0.25, -0.2) is 4.79 Å². The Bertz CT molecular complexity index is 336. The second kappa shape index (κ2) is 5.38. The molecule has 6 heteroatoms. The maximum Gasteiger partial charge on any atom is 0.317 e. The number of thioether (sulfide) groups is 1. The van der Waals surface area contributed by atoms with Crippen LogP contribution in [0.4, 0.5) is 4.79 Å². The topological polar surface area (TPSA) is 69.6 Å². The Morgan fingerprint density at radius 2 is 2.22 bits per heavy atom. The van der Waals surface area contributed by atoms with Gasteiger partial charge in [0, 0.05) is 30.3 Å². The van der Waals surface area contributed by atoms with Crippen molar-refractivity contribution in [1.29, 1.82) is 0 Å². The van der Waals surface area contributed by atoms with E-state index in [9.17, 15) is 9.59 Å². The van der Waals surface area contributed by atoms with E-state index in [1.165, 1.54) is 12.2 Å². The molecule has 2 saturated heterocycles. The fourth-order valence-corrected chi connectivity index (χ4v) is 3.71. The van der Waals surface area contributed by atoms with Crippen LogP contribution < -0.4 is 5.32 Å². The molecule has 0 aromatic heterocycles. The Morgan fingerprint density at radius 1 is 1.50 bits per heavy atom. The minimum Gasteiger partial charge on any atom is -0.481 e. The fourth-order valence-electron chi connectivity index (χ4n) is 2.46. The summed E-state index contributed by atoms with van der Waals surface area (Å²) >= 11 is 1.92. The van der Waals surface area contributed by atoms with Crippen LogP contribution in [-0.2, 0) is 4.79 Å². The van der Waals surface area contributed by atoms with Crippen LogP contribution in [0.15, 0.2) is 0 Å². The number of likely N-dealkylation sites (tertiary alicyclic amines) is 1. The number of amides is 2. The first-order chi connectivity index (χ1) is 8.48. The van der Waals surface area contributed by atoms with Crippen LogP contribution in [0.3, 0.4) is 0 Å². The van der Waals surface area contributed by atoms with E-state index in [1.54, 1.807) is 4.90 Å². The minimum absolute atomic E-state index is 0.0506. The molecule has 1 atom stereocenters. The number of carbonyl (C=O) groups is 2. The standard InChI is InChI=1S/C12H20N2O3S/c1-12(3-2-4-18-12)8-13-11(17)14-6-9(7-14)5-10(15)16/h9H,2-8H2,1H3,(H,13,17)(H,15,16). The molecule has 102 valence electrons. The summed E-state index contributed by atoms with van der Waals surface area (Å²) in [5.41, 5.74) is 0. The van der Waals surface area contributed by atoms with Crippen LogP contribution in [-0.4, -0.2) is 52.1 Å². The van der Waals surface area contributed by atoms with Crippen molar-refractivity contribution in [2.24, 2.45) is 5.92 Å². The molecule has 0 saturated carbocycles. The lowest BCUT2D eigenvalue weighted by Gasteiger charge is -2.39. The molecular weight excluding hydrogens is 252 g/mol. The second-order valence-electron chi connectivity index (χ2n) is 5.43. The van der Waals surface area contributed by atoms with Crippen LogP contribution in [0.25, 0.3) is 0 Å². The highest BCUT2D eigenvalue weighted by Gasteiger charge is 2.34. The number of aliphatic carboxylic acids is 1. The van der Waals surface area contributed by atoms with Crippen LogP contribution in [0.2, 0.25) is 0 Å². The number of hydrogen-bond donors (Lipinski definition) is 2. The number of nitrogens with zero attached hydrogens (tertiary/aromatic N) is 1. The molecule has 2 rings (SSSR count). The Kier molecular flexibility index (Phi) is 4.04. The maximum atomic E-state index is 11.8. The lowest BCUT2D eigenvalue weighted by molar-refractivity contribution is -0.139. The first-order valence-corrected chi connectivity index (χ1v) is 7.36. The molecule has 0 bridgehead atoms. The minimum atomic E-state index is -0.782. The van der Waals surface area contributed by atoms with E-state index in [-0.39, 0.29) is 23.1 Å². The monoisotopic (exact) mass is 272 g/mol. The molecule has 0 aromatic carbocycles. The van der Waals surface area contributed by atoms with Crippen molar-refractivity contribution >= 4 is 23.8 Å². The van der Waals surface area contributed by atoms with E-state index in [4.69, 9.17) is 5.11 Å². The van der Waals surface area contributed by atoms with E-state index in [2.05, 4.69) is 12.2 Å². The SMILES string of the molecule is CC1(CNC(=O)N2CC(CC(=O)O)C2)CCCS1. The van der Waals surface area contributed by atoms with Crippen LogP contribution in [0.5, 0.6) is 0 Å². The van der Waals surface area contributed by atoms with Crippen molar-refractivity contribution in [2.45, 2.75) is 30.9 Å². The first kappa shape index (κ1) is 13.5. The molecule has 2 aliphatic rings. The molecule has 1 unspecified atom stereocenters. The van der Waals surface area contributed by atoms with Crippen molar-refractivity contribution in [3.63, 3.8) is 0 Å². The van der Waals surface area contributed by atoms with E-state index in [0.29, 0.717) is 19.6 Å². The molecule has 0 aliphatic carbocycles. The zero-order valence-corrected chi connectivity index (χ0v) is 11.5. The summed E-state index contributed by atoms with van der Waals surface area (Å²) in [4.78, 5) is 24.0. The maximum absolute atomic E-state index is 11.8. The summed E-state index contributed by atoms with van der Waals surface area (Å²) in [6.45, 7) is 4.04. The number of urea groups is 1. The average Bonchev–Trinajstić information content (AvgIpc) is 2.67. The van der Waals surface area contributed by atoms with E-state index in [0.717, 1.165) is 6.42 Å². The summed E-state index contributed by atoms with van der Waals surface area (Å²) in [5.74, 6) is 0.524. The van der Waals surface area contributed by atoms with Gasteiger partial charge < -0.3 is 15.3 Å². The van der Waals surface area contributed by atoms with Crippen LogP contribution >= 0.6 is 11.8 Å². The summed E-state index contributed by atoms with van der Waals surface area (Å²) < 4.78 is 0.182. The highest BCUT2D eigenvalue weighted by molar-refractivity contribution is 8.00. The van der Waals surface area contributed by atoms with Gasteiger partial charge in [0.25, 0.3) is 0 Å². The zero-order chi connectivity index (χ0) is 13.2. The Hall–Kier alpha value is -0.910. The number of rotatable bonds is 4. The van der Waals surface area contributed by atoms with Gasteiger partial charge in [-0.3, -0.25) is 4.79 Å². The van der Waals surface area contributed by atoms with Gasteiger partial charge in [-0.15, -0.1) is 0 Å². The van der Waals surface area contributed by atoms with Crippen LogP contribution in [0.1, 0.15) is 26.2 Å². The van der Waals surface area contributed by atoms with Gasteiger partial charge in [-0.1, -0.05) is 0 Å². The molecule has 0 aromatic rings. The van der Waals surface area contributed by atoms with Gasteiger partial charge in [0.1, 0.15) is 0 Å². The first-order valence-electron chi connectivity index (χ1n) is 6.37. The number of hydrogen-bond acceptors (Lipinski definition) is 3. The average molecular weight is 272 g/mol. The number of carboxylic acids is 1. The number of carboxylic acid groups (broad SMARTS) is 1. The quantitative estimate of drug-likeness (QED) is 0.811. The molecule has 2 heterocycles. The number of nitrogens with one attached hydrogen (secondary N) is 1. The summed E-state index contributed by atoms with van der Waals surface area (Å²) in [6.07, 6.45) is 2.54. The van der Waals surface area contributed by atoms with Crippen molar-refractivity contribution in [2.75, 3.05) is 25.4 Å². The van der Waals surface area contributed by atoms with Gasteiger partial charge >= 0.3 is 12.0 Å². The molecule has 2 fully saturated rings. The van der Waals surface area contributed by atoms with Gasteiger partial charge in [0.2, 0.25) is 0 Å². The predicted molar refractivity (Wildman–Crippen MR) is 70.8 cm³/mol. The van der Waals surface area contributed by atoms with E-state index in [1.807, 2.05) is 11.8 Å². The highest BCUT2D eigenvalue weighted by atomic mass is 32.2. The van der Waals surface area contributed by atoms with Crippen LogP contribution in [0, 0.1) is 5.92 Å². The second-order valence-corrected chi connectivity index (χ2v) is 7.11. The number of carbonyl (C=O) groups excluding carboxylic acids is 1. The van der Waals surface area contributed by atoms with Gasteiger partial charge in [0.05, 0.1) is 6.42 Å². The Morgan fingerprint density at radius 3 is 2.78 bits per heavy atom.